The number of aromatic carboxylic acids is 1. The van der Waals surface area contributed by atoms with E-state index in [1.165, 1.54) is 19.2 Å². The third-order valence-electron chi connectivity index (χ3n) is 2.38. The molecule has 0 unspecified atom stereocenters. The summed E-state index contributed by atoms with van der Waals surface area (Å²) < 4.78 is 10.2. The van der Waals surface area contributed by atoms with E-state index in [0.29, 0.717) is 16.7 Å². The Bertz CT molecular complexity index is 567. The molecule has 0 aliphatic carbocycles. The van der Waals surface area contributed by atoms with E-state index in [9.17, 15) is 9.90 Å². The minimum Gasteiger partial charge on any atom is -0.504 e. The van der Waals surface area contributed by atoms with E-state index in [1.807, 2.05) is 0 Å². The van der Waals surface area contributed by atoms with E-state index in [0.717, 1.165) is 0 Å². The van der Waals surface area contributed by atoms with Crippen LogP contribution in [0.2, 0.25) is 0 Å². The van der Waals surface area contributed by atoms with Gasteiger partial charge < -0.3 is 19.4 Å². The number of furan rings is 1. The maximum absolute atomic E-state index is 11.0. The molecule has 84 valence electrons. The van der Waals surface area contributed by atoms with Crippen LogP contribution in [0.5, 0.6) is 11.5 Å². The summed E-state index contributed by atoms with van der Waals surface area (Å²) in [5.41, 5.74) is 0.418. The Labute approximate surface area is 90.9 Å². The monoisotopic (exact) mass is 222 g/mol. The van der Waals surface area contributed by atoms with E-state index >= 15 is 0 Å². The summed E-state index contributed by atoms with van der Waals surface area (Å²) in [7, 11) is 1.40. The van der Waals surface area contributed by atoms with Crippen LogP contribution in [-0.2, 0) is 0 Å². The average molecular weight is 222 g/mol. The van der Waals surface area contributed by atoms with E-state index in [4.69, 9.17) is 14.3 Å². The van der Waals surface area contributed by atoms with Gasteiger partial charge in [-0.1, -0.05) is 0 Å². The summed E-state index contributed by atoms with van der Waals surface area (Å²) in [6.45, 7) is 1.56. The van der Waals surface area contributed by atoms with Gasteiger partial charge in [-0.2, -0.15) is 0 Å². The number of aromatic hydroxyl groups is 1. The van der Waals surface area contributed by atoms with Gasteiger partial charge in [0.2, 0.25) is 0 Å². The number of hydrogen-bond donors (Lipinski definition) is 2. The first-order valence-electron chi connectivity index (χ1n) is 4.58. The molecule has 0 bridgehead atoms. The molecule has 2 N–H and O–H groups in total. The lowest BCUT2D eigenvalue weighted by atomic mass is 10.1. The van der Waals surface area contributed by atoms with E-state index in [-0.39, 0.29) is 17.1 Å². The number of ether oxygens (including phenoxy) is 1. The number of hydrogen-bond acceptors (Lipinski definition) is 4. The summed E-state index contributed by atoms with van der Waals surface area (Å²) >= 11 is 0. The van der Waals surface area contributed by atoms with Gasteiger partial charge in [0.25, 0.3) is 0 Å². The van der Waals surface area contributed by atoms with Crippen molar-refractivity contribution in [1.29, 1.82) is 0 Å². The topological polar surface area (TPSA) is 79.9 Å². The van der Waals surface area contributed by atoms with Crippen molar-refractivity contribution in [3.63, 3.8) is 0 Å². The second kappa shape index (κ2) is 3.44. The Morgan fingerprint density at radius 3 is 2.69 bits per heavy atom. The van der Waals surface area contributed by atoms with Crippen LogP contribution in [0, 0.1) is 6.92 Å². The first kappa shape index (κ1) is 10.4. The Balaban J connectivity index is 2.82. The molecule has 0 saturated heterocycles. The van der Waals surface area contributed by atoms with E-state index in [2.05, 4.69) is 0 Å². The van der Waals surface area contributed by atoms with Crippen molar-refractivity contribution >= 4 is 16.9 Å². The molecule has 0 fully saturated rings. The average Bonchev–Trinajstić information content (AvgIpc) is 2.51. The maximum atomic E-state index is 11.0. The molecule has 1 aromatic heterocycles. The zero-order valence-electron chi connectivity index (χ0n) is 8.77. The van der Waals surface area contributed by atoms with Crippen molar-refractivity contribution in [2.45, 2.75) is 6.92 Å². The quantitative estimate of drug-likeness (QED) is 0.813. The van der Waals surface area contributed by atoms with Gasteiger partial charge in [-0.15, -0.1) is 0 Å². The van der Waals surface area contributed by atoms with Crippen LogP contribution in [0.25, 0.3) is 11.0 Å². The van der Waals surface area contributed by atoms with Gasteiger partial charge >= 0.3 is 5.97 Å². The van der Waals surface area contributed by atoms with Crippen molar-refractivity contribution < 1.29 is 24.2 Å². The van der Waals surface area contributed by atoms with Gasteiger partial charge in [-0.05, 0) is 13.0 Å². The molecule has 0 amide bonds. The predicted octanol–water partition coefficient (Wildman–Crippen LogP) is 2.15. The summed E-state index contributed by atoms with van der Waals surface area (Å²) in [4.78, 5) is 11.0. The molecular weight excluding hydrogens is 212 g/mol. The van der Waals surface area contributed by atoms with E-state index < -0.39 is 5.97 Å². The highest BCUT2D eigenvalue weighted by atomic mass is 16.5. The lowest BCUT2D eigenvalue weighted by molar-refractivity contribution is 0.0697. The molecule has 5 heteroatoms. The third kappa shape index (κ3) is 1.37. The van der Waals surface area contributed by atoms with Crippen molar-refractivity contribution in [1.82, 2.24) is 0 Å². The number of carbonyl (C=O) groups is 1. The Morgan fingerprint density at radius 2 is 2.12 bits per heavy atom. The van der Waals surface area contributed by atoms with Crippen molar-refractivity contribution in [2.24, 2.45) is 0 Å². The number of rotatable bonds is 2. The van der Waals surface area contributed by atoms with Crippen molar-refractivity contribution in [3.8, 4) is 11.5 Å². The fraction of sp³-hybridized carbons (Fsp3) is 0.182. The molecule has 0 aliphatic heterocycles. The lowest BCUT2D eigenvalue weighted by Gasteiger charge is -2.02. The molecule has 0 aliphatic rings. The van der Waals surface area contributed by atoms with Crippen LogP contribution in [0.4, 0.5) is 0 Å². The number of fused-ring (bicyclic) bond motifs is 1. The van der Waals surface area contributed by atoms with Crippen LogP contribution < -0.4 is 4.74 Å². The molecular formula is C11H10O5. The highest BCUT2D eigenvalue weighted by molar-refractivity contribution is 6.04. The molecule has 2 aromatic rings. The molecule has 2 rings (SSSR count). The third-order valence-corrected chi connectivity index (χ3v) is 2.38. The van der Waals surface area contributed by atoms with Gasteiger partial charge in [-0.25, -0.2) is 4.79 Å². The minimum atomic E-state index is -1.07. The van der Waals surface area contributed by atoms with Crippen LogP contribution in [0.15, 0.2) is 16.5 Å². The fourth-order valence-corrected chi connectivity index (χ4v) is 1.66. The Kier molecular flexibility index (Phi) is 2.23. The largest absolute Gasteiger partial charge is 0.504 e. The normalized spacial score (nSPS) is 10.6. The Hall–Kier alpha value is -2.17. The van der Waals surface area contributed by atoms with Crippen molar-refractivity contribution in [2.75, 3.05) is 7.11 Å². The second-order valence-corrected chi connectivity index (χ2v) is 3.36. The zero-order valence-corrected chi connectivity index (χ0v) is 8.77. The summed E-state index contributed by atoms with van der Waals surface area (Å²) in [6, 6.07) is 2.79. The predicted molar refractivity (Wildman–Crippen MR) is 56.1 cm³/mol. The number of phenols is 1. The second-order valence-electron chi connectivity index (χ2n) is 3.36. The Morgan fingerprint density at radius 1 is 1.44 bits per heavy atom. The summed E-state index contributed by atoms with van der Waals surface area (Å²) in [5.74, 6) is -0.629. The molecule has 0 atom stereocenters. The van der Waals surface area contributed by atoms with Crippen molar-refractivity contribution in [3.05, 3.63) is 23.5 Å². The highest BCUT2D eigenvalue weighted by Crippen LogP contribution is 2.35. The maximum Gasteiger partial charge on any atom is 0.339 e. The van der Waals surface area contributed by atoms with Crippen LogP contribution in [0.1, 0.15) is 16.1 Å². The van der Waals surface area contributed by atoms with Gasteiger partial charge in [0, 0.05) is 11.5 Å². The molecule has 1 aromatic carbocycles. The van der Waals surface area contributed by atoms with Gasteiger partial charge in [0.1, 0.15) is 16.9 Å². The van der Waals surface area contributed by atoms with Crippen LogP contribution in [-0.4, -0.2) is 23.3 Å². The molecule has 5 nitrogen and oxygen atoms in total. The SMILES string of the molecule is COc1cc2c(C(=O)O)c(C)oc2cc1O. The molecule has 0 saturated carbocycles. The van der Waals surface area contributed by atoms with E-state index in [1.54, 1.807) is 6.92 Å². The molecule has 1 heterocycles. The molecule has 16 heavy (non-hydrogen) atoms. The number of phenolic OH excluding ortho intramolecular Hbond substituents is 1. The number of carboxylic acids is 1. The number of methoxy groups -OCH3 is 1. The van der Waals surface area contributed by atoms with Gasteiger partial charge in [0.05, 0.1) is 7.11 Å². The first-order valence-corrected chi connectivity index (χ1v) is 4.58. The van der Waals surface area contributed by atoms with Crippen LogP contribution in [0.3, 0.4) is 0 Å². The number of aryl methyl sites for hydroxylation is 1. The zero-order chi connectivity index (χ0) is 11.9. The summed E-state index contributed by atoms with van der Waals surface area (Å²) in [5, 5.41) is 19.0. The number of carboxylic acid groups (broad SMARTS) is 1. The highest BCUT2D eigenvalue weighted by Gasteiger charge is 2.19. The fourth-order valence-electron chi connectivity index (χ4n) is 1.66. The van der Waals surface area contributed by atoms with Gasteiger partial charge in [-0.3, -0.25) is 0 Å². The molecule has 0 spiro atoms. The van der Waals surface area contributed by atoms with Gasteiger partial charge in [0.15, 0.2) is 11.5 Å². The standard InChI is InChI=1S/C11H10O5/c1-5-10(11(13)14)6-3-9(15-2)7(12)4-8(6)16-5/h3-4,12H,1-2H3,(H,13,14). The smallest absolute Gasteiger partial charge is 0.339 e. The lowest BCUT2D eigenvalue weighted by Crippen LogP contribution is -1.96. The minimum absolute atomic E-state index is 0.0827. The summed E-state index contributed by atoms with van der Waals surface area (Å²) in [6.07, 6.45) is 0. The molecule has 0 radical (unpaired) electrons. The first-order chi connectivity index (χ1) is 7.54. The van der Waals surface area contributed by atoms with Crippen LogP contribution >= 0.6 is 0 Å². The number of benzene rings is 1.